The van der Waals surface area contributed by atoms with Gasteiger partial charge in [0.2, 0.25) is 0 Å². The lowest BCUT2D eigenvalue weighted by atomic mass is 9.84. The zero-order valence-electron chi connectivity index (χ0n) is 11.9. The molecule has 2 bridgehead atoms. The van der Waals surface area contributed by atoms with Crippen LogP contribution in [0.5, 0.6) is 0 Å². The van der Waals surface area contributed by atoms with E-state index in [1.807, 2.05) is 0 Å². The Morgan fingerprint density at radius 2 is 2.05 bits per heavy atom. The quantitative estimate of drug-likeness (QED) is 0.897. The first-order chi connectivity index (χ1) is 9.99. The maximum atomic E-state index is 13.8. The fraction of sp³-hybridized carbons (Fsp3) is 0.562. The van der Waals surface area contributed by atoms with E-state index in [9.17, 15) is 18.7 Å². The predicted octanol–water partition coefficient (Wildman–Crippen LogP) is 3.11. The van der Waals surface area contributed by atoms with E-state index in [1.54, 1.807) is 13.0 Å². The van der Waals surface area contributed by atoms with Crippen LogP contribution in [0.2, 0.25) is 0 Å². The molecule has 0 aromatic heterocycles. The van der Waals surface area contributed by atoms with Crippen molar-refractivity contribution in [2.24, 2.45) is 17.8 Å². The highest BCUT2D eigenvalue weighted by Crippen LogP contribution is 2.49. The molecule has 2 aliphatic rings. The van der Waals surface area contributed by atoms with Crippen LogP contribution in [-0.2, 0) is 4.79 Å². The van der Waals surface area contributed by atoms with Gasteiger partial charge in [0, 0.05) is 17.6 Å². The van der Waals surface area contributed by atoms with Crippen molar-refractivity contribution in [2.75, 3.05) is 0 Å². The molecule has 0 radical (unpaired) electrons. The van der Waals surface area contributed by atoms with Crippen molar-refractivity contribution >= 4 is 5.97 Å². The largest absolute Gasteiger partial charge is 0.481 e. The van der Waals surface area contributed by atoms with Crippen LogP contribution in [0.3, 0.4) is 0 Å². The van der Waals surface area contributed by atoms with E-state index in [0.717, 1.165) is 25.3 Å². The van der Waals surface area contributed by atoms with Crippen molar-refractivity contribution in [3.05, 3.63) is 35.4 Å². The van der Waals surface area contributed by atoms with Crippen molar-refractivity contribution in [3.63, 3.8) is 0 Å². The molecule has 2 saturated carbocycles. The Labute approximate surface area is 122 Å². The third-order valence-corrected chi connectivity index (χ3v) is 5.09. The van der Waals surface area contributed by atoms with E-state index in [-0.39, 0.29) is 17.5 Å². The summed E-state index contributed by atoms with van der Waals surface area (Å²) in [6, 6.07) is 3.54. The Balaban J connectivity index is 1.79. The monoisotopic (exact) mass is 295 g/mol. The lowest BCUT2D eigenvalue weighted by Crippen LogP contribution is -2.45. The van der Waals surface area contributed by atoms with Crippen LogP contribution in [0.25, 0.3) is 0 Å². The Bertz CT molecular complexity index is 563. The lowest BCUT2D eigenvalue weighted by molar-refractivity contribution is -0.144. The SMILES string of the molecule is CC(NC1C2CCC(C2)C1C(=O)O)c1cccc(F)c1F. The number of carbonyl (C=O) groups is 1. The third-order valence-electron chi connectivity index (χ3n) is 5.09. The van der Waals surface area contributed by atoms with Crippen LogP contribution in [-0.4, -0.2) is 17.1 Å². The van der Waals surface area contributed by atoms with Gasteiger partial charge in [-0.25, -0.2) is 8.78 Å². The number of aliphatic carboxylic acids is 1. The summed E-state index contributed by atoms with van der Waals surface area (Å²) in [5, 5.41) is 12.7. The van der Waals surface area contributed by atoms with Gasteiger partial charge in [0.15, 0.2) is 11.6 Å². The highest BCUT2D eigenvalue weighted by atomic mass is 19.2. The fourth-order valence-corrected chi connectivity index (χ4v) is 4.12. The van der Waals surface area contributed by atoms with Crippen LogP contribution in [0, 0.1) is 29.4 Å². The first-order valence-corrected chi connectivity index (χ1v) is 7.41. The molecule has 0 amide bonds. The maximum Gasteiger partial charge on any atom is 0.308 e. The molecule has 1 aromatic rings. The summed E-state index contributed by atoms with van der Waals surface area (Å²) in [6.45, 7) is 1.75. The van der Waals surface area contributed by atoms with Crippen molar-refractivity contribution in [3.8, 4) is 0 Å². The Morgan fingerprint density at radius 1 is 1.33 bits per heavy atom. The second-order valence-corrected chi connectivity index (χ2v) is 6.25. The topological polar surface area (TPSA) is 49.3 Å². The molecule has 3 rings (SSSR count). The van der Waals surface area contributed by atoms with E-state index in [4.69, 9.17) is 0 Å². The average molecular weight is 295 g/mol. The van der Waals surface area contributed by atoms with Gasteiger partial charge in [-0.2, -0.15) is 0 Å². The summed E-state index contributed by atoms with van der Waals surface area (Å²) < 4.78 is 27.1. The van der Waals surface area contributed by atoms with E-state index >= 15 is 0 Å². The summed E-state index contributed by atoms with van der Waals surface area (Å²) in [6.07, 6.45) is 2.90. The Morgan fingerprint density at radius 3 is 2.76 bits per heavy atom. The zero-order chi connectivity index (χ0) is 15.1. The number of carboxylic acids is 1. The first-order valence-electron chi connectivity index (χ1n) is 7.41. The fourth-order valence-electron chi connectivity index (χ4n) is 4.12. The minimum Gasteiger partial charge on any atom is -0.481 e. The highest BCUT2D eigenvalue weighted by Gasteiger charge is 2.51. The van der Waals surface area contributed by atoms with E-state index in [2.05, 4.69) is 5.32 Å². The van der Waals surface area contributed by atoms with Crippen LogP contribution in [0.15, 0.2) is 18.2 Å². The first kappa shape index (κ1) is 14.4. The van der Waals surface area contributed by atoms with Crippen LogP contribution >= 0.6 is 0 Å². The number of halogens is 2. The van der Waals surface area contributed by atoms with Gasteiger partial charge in [0.25, 0.3) is 0 Å². The Kier molecular flexibility index (Phi) is 3.69. The van der Waals surface area contributed by atoms with Crippen LogP contribution < -0.4 is 5.32 Å². The van der Waals surface area contributed by atoms with Gasteiger partial charge in [-0.05, 0) is 44.1 Å². The van der Waals surface area contributed by atoms with Gasteiger partial charge < -0.3 is 10.4 Å². The summed E-state index contributed by atoms with van der Waals surface area (Å²) in [4.78, 5) is 11.5. The van der Waals surface area contributed by atoms with Crippen molar-refractivity contribution in [2.45, 2.75) is 38.3 Å². The molecule has 2 aliphatic carbocycles. The smallest absolute Gasteiger partial charge is 0.308 e. The standard InChI is InChI=1S/C16H19F2NO2/c1-8(11-3-2-4-12(17)14(11)18)19-15-10-6-5-9(7-10)13(15)16(20)21/h2-4,8-10,13,15,19H,5-7H2,1H3,(H,20,21). The van der Waals surface area contributed by atoms with E-state index in [1.165, 1.54) is 6.07 Å². The molecule has 0 saturated heterocycles. The number of hydrogen-bond donors (Lipinski definition) is 2. The second kappa shape index (κ2) is 5.37. The van der Waals surface area contributed by atoms with E-state index < -0.39 is 29.6 Å². The summed E-state index contributed by atoms with van der Waals surface area (Å²) >= 11 is 0. The van der Waals surface area contributed by atoms with Gasteiger partial charge in [-0.1, -0.05) is 12.1 Å². The average Bonchev–Trinajstić information content (AvgIpc) is 3.02. The number of carboxylic acid groups (broad SMARTS) is 1. The molecule has 2 N–H and O–H groups in total. The molecule has 2 fully saturated rings. The Hall–Kier alpha value is -1.49. The normalized spacial score (nSPS) is 32.3. The molecule has 5 heteroatoms. The predicted molar refractivity (Wildman–Crippen MR) is 73.7 cm³/mol. The number of rotatable bonds is 4. The van der Waals surface area contributed by atoms with Crippen molar-refractivity contribution in [1.29, 1.82) is 0 Å². The molecule has 114 valence electrons. The summed E-state index contributed by atoms with van der Waals surface area (Å²) in [7, 11) is 0. The van der Waals surface area contributed by atoms with Gasteiger partial charge in [-0.3, -0.25) is 4.79 Å². The highest BCUT2D eigenvalue weighted by molar-refractivity contribution is 5.72. The minimum atomic E-state index is -0.871. The molecule has 0 aliphatic heterocycles. The van der Waals surface area contributed by atoms with Crippen LogP contribution in [0.4, 0.5) is 8.78 Å². The van der Waals surface area contributed by atoms with Gasteiger partial charge in [0.05, 0.1) is 5.92 Å². The molecule has 1 aromatic carbocycles. The molecule has 5 unspecified atom stereocenters. The number of nitrogens with one attached hydrogen (secondary N) is 1. The van der Waals surface area contributed by atoms with Gasteiger partial charge in [0.1, 0.15) is 0 Å². The molecule has 3 nitrogen and oxygen atoms in total. The van der Waals surface area contributed by atoms with Crippen molar-refractivity contribution < 1.29 is 18.7 Å². The second-order valence-electron chi connectivity index (χ2n) is 6.25. The zero-order valence-corrected chi connectivity index (χ0v) is 11.9. The molecule has 0 spiro atoms. The van der Waals surface area contributed by atoms with Crippen LogP contribution in [0.1, 0.15) is 37.8 Å². The van der Waals surface area contributed by atoms with Gasteiger partial charge in [-0.15, -0.1) is 0 Å². The van der Waals surface area contributed by atoms with E-state index in [0.29, 0.717) is 5.92 Å². The molecule has 21 heavy (non-hydrogen) atoms. The maximum absolute atomic E-state index is 13.8. The summed E-state index contributed by atoms with van der Waals surface area (Å²) in [5.41, 5.74) is 0.252. The number of hydrogen-bond acceptors (Lipinski definition) is 2. The number of fused-ring (bicyclic) bond motifs is 2. The molecule has 0 heterocycles. The summed E-state index contributed by atoms with van der Waals surface area (Å²) in [5.74, 6) is -2.38. The molecular weight excluding hydrogens is 276 g/mol. The molecule has 5 atom stereocenters. The minimum absolute atomic E-state index is 0.154. The van der Waals surface area contributed by atoms with Gasteiger partial charge >= 0.3 is 5.97 Å². The number of benzene rings is 1. The lowest BCUT2D eigenvalue weighted by Gasteiger charge is -2.31. The molecular formula is C16H19F2NO2. The third kappa shape index (κ3) is 2.44. The van der Waals surface area contributed by atoms with Crippen molar-refractivity contribution in [1.82, 2.24) is 5.32 Å².